The summed E-state index contributed by atoms with van der Waals surface area (Å²) in [4.78, 5) is 0. The molecular weight excluding hydrogens is 363 g/mol. The largest absolute Gasteiger partial charge is 0.302 e. The summed E-state index contributed by atoms with van der Waals surface area (Å²) in [5.74, 6) is 2.15. The van der Waals surface area contributed by atoms with Crippen molar-refractivity contribution in [2.24, 2.45) is 5.92 Å². The van der Waals surface area contributed by atoms with Gasteiger partial charge in [-0.05, 0) is 37.0 Å². The molecule has 4 nitrogen and oxygen atoms in total. The molecule has 1 aromatic heterocycles. The highest BCUT2D eigenvalue weighted by atomic mass is 35.5. The van der Waals surface area contributed by atoms with Gasteiger partial charge in [0.2, 0.25) is 0 Å². The third-order valence-electron chi connectivity index (χ3n) is 3.35. The summed E-state index contributed by atoms with van der Waals surface area (Å²) < 4.78 is 2.12. The van der Waals surface area contributed by atoms with Crippen molar-refractivity contribution < 1.29 is 0 Å². The molecule has 0 saturated heterocycles. The highest BCUT2D eigenvalue weighted by molar-refractivity contribution is 7.99. The smallest absolute Gasteiger partial charge is 0.191 e. The van der Waals surface area contributed by atoms with Crippen LogP contribution < -0.4 is 0 Å². The van der Waals surface area contributed by atoms with Crippen LogP contribution in [0.1, 0.15) is 33.1 Å². The fourth-order valence-electron chi connectivity index (χ4n) is 2.26. The van der Waals surface area contributed by atoms with E-state index in [0.717, 1.165) is 41.7 Å². The molecule has 0 aliphatic rings. The third-order valence-corrected chi connectivity index (χ3v) is 4.95. The van der Waals surface area contributed by atoms with Gasteiger partial charge in [-0.1, -0.05) is 48.8 Å². The second-order valence-corrected chi connectivity index (χ2v) is 7.80. The van der Waals surface area contributed by atoms with Crippen LogP contribution in [-0.2, 0) is 6.54 Å². The van der Waals surface area contributed by atoms with Crippen LogP contribution in [0, 0.1) is 17.2 Å². The molecule has 1 heterocycles. The van der Waals surface area contributed by atoms with Crippen LogP contribution >= 0.6 is 35.0 Å². The molecule has 0 aliphatic heterocycles. The van der Waals surface area contributed by atoms with Crippen LogP contribution in [0.2, 0.25) is 10.0 Å². The summed E-state index contributed by atoms with van der Waals surface area (Å²) in [7, 11) is 0. The van der Waals surface area contributed by atoms with E-state index < -0.39 is 0 Å². The first kappa shape index (κ1) is 19.1. The summed E-state index contributed by atoms with van der Waals surface area (Å²) in [5, 5.41) is 19.4. The molecule has 0 aliphatic carbocycles. The standard InChI is InChI=1S/C17H20Cl2N4S/c1-12(2)11-23-16(14-7-6-13(18)10-15(14)19)21-22-17(23)24-9-5-3-4-8-20/h6-7,10,12H,3-5,9,11H2,1-2H3. The Bertz CT molecular complexity index is 722. The fourth-order valence-corrected chi connectivity index (χ4v) is 3.70. The molecule has 2 rings (SSSR count). The maximum Gasteiger partial charge on any atom is 0.191 e. The van der Waals surface area contributed by atoms with Gasteiger partial charge in [0.05, 0.1) is 11.1 Å². The first-order valence-corrected chi connectivity index (χ1v) is 9.65. The second kappa shape index (κ2) is 9.31. The van der Waals surface area contributed by atoms with Gasteiger partial charge in [0, 0.05) is 29.3 Å². The van der Waals surface area contributed by atoms with Gasteiger partial charge in [-0.3, -0.25) is 0 Å². The Morgan fingerprint density at radius 3 is 2.71 bits per heavy atom. The van der Waals surface area contributed by atoms with Gasteiger partial charge in [0.25, 0.3) is 0 Å². The Morgan fingerprint density at radius 1 is 1.25 bits per heavy atom. The Hall–Kier alpha value is -1.22. The summed E-state index contributed by atoms with van der Waals surface area (Å²) in [5.41, 5.74) is 0.838. The lowest BCUT2D eigenvalue weighted by molar-refractivity contribution is 0.498. The lowest BCUT2D eigenvalue weighted by Crippen LogP contribution is -2.08. The Labute approximate surface area is 157 Å². The summed E-state index contributed by atoms with van der Waals surface area (Å²) in [6.45, 7) is 5.14. The molecule has 0 N–H and O–H groups in total. The number of nitriles is 1. The average Bonchev–Trinajstić information content (AvgIpc) is 2.89. The summed E-state index contributed by atoms with van der Waals surface area (Å²) >= 11 is 14.0. The van der Waals surface area contributed by atoms with E-state index in [0.29, 0.717) is 22.4 Å². The molecule has 0 saturated carbocycles. The van der Waals surface area contributed by atoms with Gasteiger partial charge in [-0.25, -0.2) is 0 Å². The Balaban J connectivity index is 2.23. The molecule has 0 amide bonds. The van der Waals surface area contributed by atoms with E-state index in [4.69, 9.17) is 28.5 Å². The van der Waals surface area contributed by atoms with Gasteiger partial charge in [0.1, 0.15) is 0 Å². The zero-order valence-corrected chi connectivity index (χ0v) is 16.1. The van der Waals surface area contributed by atoms with E-state index in [2.05, 4.69) is 34.7 Å². The molecule has 0 fully saturated rings. The highest BCUT2D eigenvalue weighted by Crippen LogP contribution is 2.32. The zero-order chi connectivity index (χ0) is 17.5. The number of thioether (sulfide) groups is 1. The van der Waals surface area contributed by atoms with Crippen molar-refractivity contribution in [1.29, 1.82) is 5.26 Å². The van der Waals surface area contributed by atoms with E-state index in [1.807, 2.05) is 12.1 Å². The van der Waals surface area contributed by atoms with Crippen molar-refractivity contribution in [3.05, 3.63) is 28.2 Å². The van der Waals surface area contributed by atoms with Crippen molar-refractivity contribution in [2.75, 3.05) is 5.75 Å². The van der Waals surface area contributed by atoms with Crippen LogP contribution in [0.15, 0.2) is 23.4 Å². The third kappa shape index (κ3) is 5.14. The van der Waals surface area contributed by atoms with Gasteiger partial charge in [-0.15, -0.1) is 10.2 Å². The Kier molecular flexibility index (Phi) is 7.41. The maximum absolute atomic E-state index is 8.60. The number of nitrogens with zero attached hydrogens (tertiary/aromatic N) is 4. The van der Waals surface area contributed by atoms with Gasteiger partial charge >= 0.3 is 0 Å². The number of aromatic nitrogens is 3. The van der Waals surface area contributed by atoms with E-state index in [1.54, 1.807) is 17.8 Å². The number of hydrogen-bond acceptors (Lipinski definition) is 4. The molecular formula is C17H20Cl2N4S. The van der Waals surface area contributed by atoms with Crippen molar-refractivity contribution >= 4 is 35.0 Å². The predicted molar refractivity (Wildman–Crippen MR) is 101 cm³/mol. The van der Waals surface area contributed by atoms with Crippen molar-refractivity contribution in [3.8, 4) is 17.5 Å². The molecule has 7 heteroatoms. The molecule has 0 bridgehead atoms. The monoisotopic (exact) mass is 382 g/mol. The van der Waals surface area contributed by atoms with Crippen molar-refractivity contribution in [1.82, 2.24) is 14.8 Å². The number of unbranched alkanes of at least 4 members (excludes halogenated alkanes) is 2. The van der Waals surface area contributed by atoms with Crippen LogP contribution in [-0.4, -0.2) is 20.5 Å². The second-order valence-electron chi connectivity index (χ2n) is 5.90. The molecule has 0 spiro atoms. The van der Waals surface area contributed by atoms with E-state index >= 15 is 0 Å². The predicted octanol–water partition coefficient (Wildman–Crippen LogP) is 5.69. The quantitative estimate of drug-likeness (QED) is 0.434. The van der Waals surface area contributed by atoms with Gasteiger partial charge < -0.3 is 4.57 Å². The van der Waals surface area contributed by atoms with Crippen molar-refractivity contribution in [3.63, 3.8) is 0 Å². The Morgan fingerprint density at radius 2 is 2.04 bits per heavy atom. The number of halogens is 2. The van der Waals surface area contributed by atoms with Crippen LogP contribution in [0.3, 0.4) is 0 Å². The summed E-state index contributed by atoms with van der Waals surface area (Å²) in [6, 6.07) is 7.59. The first-order chi connectivity index (χ1) is 11.5. The molecule has 0 unspecified atom stereocenters. The van der Waals surface area contributed by atoms with Crippen molar-refractivity contribution in [2.45, 2.75) is 44.8 Å². The molecule has 2 aromatic rings. The normalized spacial score (nSPS) is 11.0. The highest BCUT2D eigenvalue weighted by Gasteiger charge is 2.17. The first-order valence-electron chi connectivity index (χ1n) is 7.91. The van der Waals surface area contributed by atoms with E-state index in [1.165, 1.54) is 0 Å². The molecule has 128 valence electrons. The molecule has 0 radical (unpaired) electrons. The molecule has 24 heavy (non-hydrogen) atoms. The van der Waals surface area contributed by atoms with E-state index in [-0.39, 0.29) is 0 Å². The maximum atomic E-state index is 8.60. The fraction of sp³-hybridized carbons (Fsp3) is 0.471. The van der Waals surface area contributed by atoms with Gasteiger partial charge in [-0.2, -0.15) is 5.26 Å². The van der Waals surface area contributed by atoms with E-state index in [9.17, 15) is 0 Å². The number of hydrogen-bond donors (Lipinski definition) is 0. The molecule has 1 aromatic carbocycles. The SMILES string of the molecule is CC(C)Cn1c(SCCCCC#N)nnc1-c1ccc(Cl)cc1Cl. The summed E-state index contributed by atoms with van der Waals surface area (Å²) in [6.07, 6.45) is 2.51. The lowest BCUT2D eigenvalue weighted by atomic mass is 10.2. The topological polar surface area (TPSA) is 54.5 Å². The van der Waals surface area contributed by atoms with Crippen LogP contribution in [0.25, 0.3) is 11.4 Å². The minimum absolute atomic E-state index is 0.462. The average molecular weight is 383 g/mol. The lowest BCUT2D eigenvalue weighted by Gasteiger charge is -2.13. The number of benzene rings is 1. The molecule has 0 atom stereocenters. The zero-order valence-electron chi connectivity index (χ0n) is 13.8. The minimum atomic E-state index is 0.462. The van der Waals surface area contributed by atoms with Crippen LogP contribution in [0.5, 0.6) is 0 Å². The van der Waals surface area contributed by atoms with Crippen LogP contribution in [0.4, 0.5) is 0 Å². The number of rotatable bonds is 8. The van der Waals surface area contributed by atoms with Gasteiger partial charge in [0.15, 0.2) is 11.0 Å². The minimum Gasteiger partial charge on any atom is -0.302 e.